The molecule has 1 amide bonds. The zero-order chi connectivity index (χ0) is 11.4. The van der Waals surface area contributed by atoms with Gasteiger partial charge in [0, 0.05) is 13.1 Å². The first-order chi connectivity index (χ1) is 6.13. The van der Waals surface area contributed by atoms with Crippen LogP contribution in [0.15, 0.2) is 0 Å². The second kappa shape index (κ2) is 4.60. The van der Waals surface area contributed by atoms with Crippen LogP contribution in [0.4, 0.5) is 13.2 Å². The van der Waals surface area contributed by atoms with Gasteiger partial charge in [0.15, 0.2) is 0 Å². The Balaban J connectivity index is 3.72. The highest BCUT2D eigenvalue weighted by Crippen LogP contribution is 2.13. The van der Waals surface area contributed by atoms with Gasteiger partial charge in [0.25, 0.3) is 0 Å². The number of carbonyl (C=O) groups is 1. The first-order valence-electron chi connectivity index (χ1n) is 3.42. The molecule has 0 aromatic carbocycles. The quantitative estimate of drug-likeness (QED) is 0.626. The molecule has 0 spiro atoms. The van der Waals surface area contributed by atoms with Crippen LogP contribution in [0.1, 0.15) is 0 Å². The molecule has 9 heteroatoms. The van der Waals surface area contributed by atoms with Crippen molar-refractivity contribution in [2.24, 2.45) is 0 Å². The predicted molar refractivity (Wildman–Crippen MR) is 41.9 cm³/mol. The molecule has 0 atom stereocenters. The second-order valence-corrected chi connectivity index (χ2v) is 4.25. The highest BCUT2D eigenvalue weighted by atomic mass is 32.2. The van der Waals surface area contributed by atoms with E-state index in [0.29, 0.717) is 0 Å². The molecule has 14 heavy (non-hydrogen) atoms. The van der Waals surface area contributed by atoms with Crippen LogP contribution in [-0.2, 0) is 14.8 Å². The summed E-state index contributed by atoms with van der Waals surface area (Å²) >= 11 is 0. The van der Waals surface area contributed by atoms with Gasteiger partial charge in [-0.3, -0.25) is 4.79 Å². The molecule has 0 heterocycles. The number of sulfonamides is 1. The minimum absolute atomic E-state index is 0.277. The minimum Gasteiger partial charge on any atom is -0.347 e. The van der Waals surface area contributed by atoms with E-state index in [9.17, 15) is 26.4 Å². The van der Waals surface area contributed by atoms with Gasteiger partial charge >= 0.3 is 12.1 Å². The first-order valence-corrected chi connectivity index (χ1v) is 5.32. The Morgan fingerprint density at radius 3 is 2.14 bits per heavy atom. The SMILES string of the molecule is CS(=O)(=O)NCCNC(=O)C(F)(F)F. The molecule has 2 N–H and O–H groups in total. The lowest BCUT2D eigenvalue weighted by Gasteiger charge is -2.07. The fourth-order valence-corrected chi connectivity index (χ4v) is 0.986. The maximum absolute atomic E-state index is 11.6. The van der Waals surface area contributed by atoms with Gasteiger partial charge in [-0.25, -0.2) is 13.1 Å². The van der Waals surface area contributed by atoms with Crippen LogP contribution < -0.4 is 10.0 Å². The van der Waals surface area contributed by atoms with Gasteiger partial charge in [-0.1, -0.05) is 0 Å². The van der Waals surface area contributed by atoms with Crippen LogP contribution in [0.3, 0.4) is 0 Å². The third-order valence-corrected chi connectivity index (χ3v) is 1.76. The summed E-state index contributed by atoms with van der Waals surface area (Å²) in [7, 11) is -3.44. The summed E-state index contributed by atoms with van der Waals surface area (Å²) in [5.41, 5.74) is 0. The van der Waals surface area contributed by atoms with Crippen LogP contribution >= 0.6 is 0 Å². The maximum atomic E-state index is 11.6. The molecule has 0 unspecified atom stereocenters. The molecule has 0 saturated heterocycles. The number of halogens is 3. The number of hydrogen-bond acceptors (Lipinski definition) is 3. The molecule has 5 nitrogen and oxygen atoms in total. The van der Waals surface area contributed by atoms with E-state index in [0.717, 1.165) is 6.26 Å². The van der Waals surface area contributed by atoms with Gasteiger partial charge in [0.05, 0.1) is 6.26 Å². The van der Waals surface area contributed by atoms with Crippen LogP contribution in [0, 0.1) is 0 Å². The fraction of sp³-hybridized carbons (Fsp3) is 0.800. The van der Waals surface area contributed by atoms with Crippen molar-refractivity contribution in [2.45, 2.75) is 6.18 Å². The number of amides is 1. The van der Waals surface area contributed by atoms with Crippen LogP contribution in [0.25, 0.3) is 0 Å². The van der Waals surface area contributed by atoms with E-state index in [4.69, 9.17) is 0 Å². The highest BCUT2D eigenvalue weighted by molar-refractivity contribution is 7.88. The summed E-state index contributed by atoms with van der Waals surface area (Å²) in [6.07, 6.45) is -4.08. The van der Waals surface area contributed by atoms with E-state index in [2.05, 4.69) is 0 Å². The average molecular weight is 234 g/mol. The normalized spacial score (nSPS) is 12.6. The molecule has 0 aromatic rings. The largest absolute Gasteiger partial charge is 0.471 e. The summed E-state index contributed by atoms with van der Waals surface area (Å²) in [6.45, 7) is -0.688. The summed E-state index contributed by atoms with van der Waals surface area (Å²) in [4.78, 5) is 10.2. The minimum atomic E-state index is -4.94. The molecular weight excluding hydrogens is 225 g/mol. The van der Waals surface area contributed by atoms with Crippen molar-refractivity contribution in [3.05, 3.63) is 0 Å². The molecule has 0 aliphatic rings. The summed E-state index contributed by atoms with van der Waals surface area (Å²) in [5.74, 6) is -2.09. The zero-order valence-corrected chi connectivity index (χ0v) is 8.00. The molecule has 0 bridgehead atoms. The van der Waals surface area contributed by atoms with E-state index in [-0.39, 0.29) is 6.54 Å². The van der Waals surface area contributed by atoms with Gasteiger partial charge in [-0.05, 0) is 0 Å². The molecule has 0 saturated carbocycles. The first kappa shape index (κ1) is 13.2. The van der Waals surface area contributed by atoms with Crippen molar-refractivity contribution in [3.8, 4) is 0 Å². The van der Waals surface area contributed by atoms with E-state index in [1.807, 2.05) is 4.72 Å². The maximum Gasteiger partial charge on any atom is 0.471 e. The molecule has 0 aromatic heterocycles. The number of carbonyl (C=O) groups excluding carboxylic acids is 1. The number of rotatable bonds is 4. The van der Waals surface area contributed by atoms with Gasteiger partial charge in [0.1, 0.15) is 0 Å². The Bertz CT molecular complexity index is 298. The number of alkyl halides is 3. The Morgan fingerprint density at radius 2 is 1.79 bits per heavy atom. The molecule has 84 valence electrons. The van der Waals surface area contributed by atoms with Crippen molar-refractivity contribution in [1.82, 2.24) is 10.0 Å². The smallest absolute Gasteiger partial charge is 0.347 e. The molecular formula is C5H9F3N2O3S. The lowest BCUT2D eigenvalue weighted by Crippen LogP contribution is -2.40. The van der Waals surface area contributed by atoms with Gasteiger partial charge in [-0.15, -0.1) is 0 Å². The Morgan fingerprint density at radius 1 is 1.29 bits per heavy atom. The number of nitrogens with one attached hydrogen (secondary N) is 2. The third-order valence-electron chi connectivity index (χ3n) is 1.03. The topological polar surface area (TPSA) is 75.3 Å². The average Bonchev–Trinajstić information content (AvgIpc) is 1.93. The Hall–Kier alpha value is -0.830. The third kappa shape index (κ3) is 6.66. The van der Waals surface area contributed by atoms with Crippen molar-refractivity contribution in [1.29, 1.82) is 0 Å². The van der Waals surface area contributed by atoms with E-state index < -0.39 is 28.7 Å². The lowest BCUT2D eigenvalue weighted by molar-refractivity contribution is -0.173. The van der Waals surface area contributed by atoms with Crippen molar-refractivity contribution < 1.29 is 26.4 Å². The van der Waals surface area contributed by atoms with Crippen LogP contribution in [0.2, 0.25) is 0 Å². The van der Waals surface area contributed by atoms with Gasteiger partial charge in [-0.2, -0.15) is 13.2 Å². The van der Waals surface area contributed by atoms with E-state index in [1.54, 1.807) is 0 Å². The highest BCUT2D eigenvalue weighted by Gasteiger charge is 2.38. The number of hydrogen-bond donors (Lipinski definition) is 2. The van der Waals surface area contributed by atoms with E-state index in [1.165, 1.54) is 5.32 Å². The molecule has 0 radical (unpaired) electrons. The molecule has 0 aliphatic carbocycles. The van der Waals surface area contributed by atoms with Crippen molar-refractivity contribution in [2.75, 3.05) is 19.3 Å². The van der Waals surface area contributed by atoms with E-state index >= 15 is 0 Å². The summed E-state index contributed by atoms with van der Waals surface area (Å²) in [5, 5.41) is 1.50. The van der Waals surface area contributed by atoms with Crippen LogP contribution in [0.5, 0.6) is 0 Å². The second-order valence-electron chi connectivity index (χ2n) is 2.42. The predicted octanol–water partition coefficient (Wildman–Crippen LogP) is -0.786. The Kier molecular flexibility index (Phi) is 4.33. The molecule has 0 aliphatic heterocycles. The van der Waals surface area contributed by atoms with Crippen LogP contribution in [-0.4, -0.2) is 39.8 Å². The fourth-order valence-electron chi connectivity index (χ4n) is 0.513. The van der Waals surface area contributed by atoms with Crippen molar-refractivity contribution >= 4 is 15.9 Å². The molecule has 0 fully saturated rings. The summed E-state index contributed by atoms with van der Waals surface area (Å²) in [6, 6.07) is 0. The van der Waals surface area contributed by atoms with Crippen molar-refractivity contribution in [3.63, 3.8) is 0 Å². The standard InChI is InChI=1S/C5H9F3N2O3S/c1-14(12,13)10-3-2-9-4(11)5(6,7)8/h10H,2-3H2,1H3,(H,9,11). The Labute approximate surface area is 78.7 Å². The summed E-state index contributed by atoms with van der Waals surface area (Å²) < 4.78 is 57.5. The monoisotopic (exact) mass is 234 g/mol. The van der Waals surface area contributed by atoms with Gasteiger partial charge < -0.3 is 5.32 Å². The van der Waals surface area contributed by atoms with Gasteiger partial charge in [0.2, 0.25) is 10.0 Å². The molecule has 0 rings (SSSR count). The zero-order valence-electron chi connectivity index (χ0n) is 7.18. The lowest BCUT2D eigenvalue weighted by atomic mass is 10.5.